The molecule has 7 heteroatoms. The van der Waals surface area contributed by atoms with E-state index in [2.05, 4.69) is 0 Å². The molecule has 0 saturated carbocycles. The molecule has 7 N–H and O–H groups in total. The molecule has 0 saturated heterocycles. The highest BCUT2D eigenvalue weighted by atomic mass is 16.3. The van der Waals surface area contributed by atoms with Gasteiger partial charge in [-0.3, -0.25) is 9.80 Å². The third-order valence-electron chi connectivity index (χ3n) is 2.82. The highest BCUT2D eigenvalue weighted by Crippen LogP contribution is 2.00. The van der Waals surface area contributed by atoms with Crippen molar-refractivity contribution in [3.8, 4) is 0 Å². The van der Waals surface area contributed by atoms with Gasteiger partial charge in [0.25, 0.3) is 0 Å². The molecule has 0 radical (unpaired) electrons. The Morgan fingerprint density at radius 2 is 0.762 bits per heavy atom. The van der Waals surface area contributed by atoms with Crippen molar-refractivity contribution in [1.29, 1.82) is 0 Å². The zero-order chi connectivity index (χ0) is 15.7. The lowest BCUT2D eigenvalue weighted by Gasteiger charge is -2.30. The van der Waals surface area contributed by atoms with Gasteiger partial charge in [0, 0.05) is 39.3 Å². The molecule has 0 heterocycles. The maximum atomic E-state index is 9.47. The monoisotopic (exact) mass is 309 g/mol. The molecule has 0 aliphatic carbocycles. The highest BCUT2D eigenvalue weighted by molar-refractivity contribution is 4.70. The minimum atomic E-state index is -0.448. The lowest BCUT2D eigenvalue weighted by atomic mass is 10.2. The zero-order valence-corrected chi connectivity index (χ0v) is 13.9. The number of nitrogens with zero attached hydrogens (tertiary/aromatic N) is 2. The van der Waals surface area contributed by atoms with Crippen LogP contribution < -0.4 is 6.15 Å². The first-order valence-corrected chi connectivity index (χ1v) is 7.37. The Bertz CT molecular complexity index is 194. The van der Waals surface area contributed by atoms with E-state index in [1.165, 1.54) is 0 Å². The molecule has 0 aliphatic rings. The van der Waals surface area contributed by atoms with Gasteiger partial charge in [-0.15, -0.1) is 0 Å². The quantitative estimate of drug-likeness (QED) is 0.341. The smallest absolute Gasteiger partial charge is 0.0639 e. The normalized spacial score (nSPS) is 17.4. The minimum absolute atomic E-state index is 0. The molecule has 21 heavy (non-hydrogen) atoms. The van der Waals surface area contributed by atoms with Crippen molar-refractivity contribution in [2.24, 2.45) is 0 Å². The Labute approximate surface area is 128 Å². The van der Waals surface area contributed by atoms with Crippen LogP contribution in [0.1, 0.15) is 27.7 Å². The van der Waals surface area contributed by atoms with E-state index in [-0.39, 0.29) is 6.15 Å². The maximum absolute atomic E-state index is 9.47. The largest absolute Gasteiger partial charge is 0.392 e. The summed E-state index contributed by atoms with van der Waals surface area (Å²) in [7, 11) is 0. The van der Waals surface area contributed by atoms with Crippen molar-refractivity contribution in [2.75, 3.05) is 39.3 Å². The topological polar surface area (TPSA) is 122 Å². The Hall–Kier alpha value is -0.280. The Kier molecular flexibility index (Phi) is 13.4. The van der Waals surface area contributed by atoms with Gasteiger partial charge >= 0.3 is 0 Å². The van der Waals surface area contributed by atoms with Gasteiger partial charge in [-0.25, -0.2) is 0 Å². The molecule has 4 atom stereocenters. The first-order valence-electron chi connectivity index (χ1n) is 7.37. The Morgan fingerprint density at radius 1 is 0.571 bits per heavy atom. The lowest BCUT2D eigenvalue weighted by molar-refractivity contribution is 0.0542. The van der Waals surface area contributed by atoms with E-state index in [9.17, 15) is 20.4 Å². The fraction of sp³-hybridized carbons (Fsp3) is 1.00. The SMILES string of the molecule is CC(O)CN(CCN(CC(C)O)CC(C)O)CC(C)O.N. The molecular weight excluding hydrogens is 274 g/mol. The van der Waals surface area contributed by atoms with E-state index in [1.54, 1.807) is 27.7 Å². The number of aliphatic hydroxyl groups is 4. The highest BCUT2D eigenvalue weighted by Gasteiger charge is 2.15. The van der Waals surface area contributed by atoms with Crippen LogP contribution in [-0.2, 0) is 0 Å². The second kappa shape index (κ2) is 12.3. The average molecular weight is 309 g/mol. The second-order valence-electron chi connectivity index (χ2n) is 5.92. The summed E-state index contributed by atoms with van der Waals surface area (Å²) in [4.78, 5) is 3.98. The molecule has 0 aliphatic heterocycles. The van der Waals surface area contributed by atoms with Gasteiger partial charge in [0.05, 0.1) is 24.4 Å². The molecular formula is C14H35N3O4. The summed E-state index contributed by atoms with van der Waals surface area (Å²) < 4.78 is 0. The van der Waals surface area contributed by atoms with Crippen molar-refractivity contribution in [3.63, 3.8) is 0 Å². The van der Waals surface area contributed by atoms with Crippen molar-refractivity contribution >= 4 is 0 Å². The van der Waals surface area contributed by atoms with Crippen molar-refractivity contribution in [2.45, 2.75) is 52.1 Å². The van der Waals surface area contributed by atoms with E-state index in [0.717, 1.165) is 0 Å². The molecule has 0 aromatic carbocycles. The summed E-state index contributed by atoms with van der Waals surface area (Å²) in [5.41, 5.74) is 0. The molecule has 130 valence electrons. The van der Waals surface area contributed by atoms with Gasteiger partial charge in [0.1, 0.15) is 0 Å². The second-order valence-corrected chi connectivity index (χ2v) is 5.92. The first-order chi connectivity index (χ1) is 9.20. The summed E-state index contributed by atoms with van der Waals surface area (Å²) in [5.74, 6) is 0. The minimum Gasteiger partial charge on any atom is -0.392 e. The molecule has 0 fully saturated rings. The van der Waals surface area contributed by atoms with Crippen LogP contribution in [0.25, 0.3) is 0 Å². The maximum Gasteiger partial charge on any atom is 0.0639 e. The van der Waals surface area contributed by atoms with Gasteiger partial charge in [-0.2, -0.15) is 0 Å². The van der Waals surface area contributed by atoms with E-state index < -0.39 is 24.4 Å². The van der Waals surface area contributed by atoms with Crippen LogP contribution in [0.3, 0.4) is 0 Å². The van der Waals surface area contributed by atoms with Crippen LogP contribution in [0.2, 0.25) is 0 Å². The van der Waals surface area contributed by atoms with E-state index >= 15 is 0 Å². The molecule has 0 bridgehead atoms. The van der Waals surface area contributed by atoms with Gasteiger partial charge in [0.2, 0.25) is 0 Å². The van der Waals surface area contributed by atoms with Gasteiger partial charge < -0.3 is 26.6 Å². The Balaban J connectivity index is 0. The van der Waals surface area contributed by atoms with E-state index in [4.69, 9.17) is 0 Å². The van der Waals surface area contributed by atoms with Crippen LogP contribution in [-0.4, -0.2) is 93.9 Å². The third-order valence-corrected chi connectivity index (χ3v) is 2.82. The molecule has 0 aromatic heterocycles. The Morgan fingerprint density at radius 3 is 0.905 bits per heavy atom. The summed E-state index contributed by atoms with van der Waals surface area (Å²) in [6.07, 6.45) is -1.79. The molecule has 0 rings (SSSR count). The van der Waals surface area contributed by atoms with E-state index in [1.807, 2.05) is 9.80 Å². The predicted molar refractivity (Wildman–Crippen MR) is 84.6 cm³/mol. The fourth-order valence-corrected chi connectivity index (χ4v) is 2.29. The third kappa shape index (κ3) is 14.4. The van der Waals surface area contributed by atoms with Crippen molar-refractivity contribution < 1.29 is 20.4 Å². The number of rotatable bonds is 11. The summed E-state index contributed by atoms with van der Waals surface area (Å²) >= 11 is 0. The van der Waals surface area contributed by atoms with E-state index in [0.29, 0.717) is 39.3 Å². The zero-order valence-electron chi connectivity index (χ0n) is 13.9. The first kappa shape index (κ1) is 23.0. The van der Waals surface area contributed by atoms with Crippen LogP contribution in [0, 0.1) is 0 Å². The average Bonchev–Trinajstić information content (AvgIpc) is 2.22. The van der Waals surface area contributed by atoms with Gasteiger partial charge in [-0.1, -0.05) is 0 Å². The lowest BCUT2D eigenvalue weighted by Crippen LogP contribution is -2.44. The number of aliphatic hydroxyl groups excluding tert-OH is 4. The summed E-state index contributed by atoms with van der Waals surface area (Å²) in [6, 6.07) is 0. The fourth-order valence-electron chi connectivity index (χ4n) is 2.29. The summed E-state index contributed by atoms with van der Waals surface area (Å²) in [6.45, 7) is 10.2. The van der Waals surface area contributed by atoms with Crippen LogP contribution in [0.5, 0.6) is 0 Å². The van der Waals surface area contributed by atoms with Crippen molar-refractivity contribution in [1.82, 2.24) is 16.0 Å². The molecule has 0 spiro atoms. The standard InChI is InChI=1S/C14H32N2O4.H3N/c1-11(17)7-15(8-12(2)18)5-6-16(9-13(3)19)10-14(4)20;/h11-14,17-20H,5-10H2,1-4H3;1H3. The van der Waals surface area contributed by atoms with Crippen LogP contribution >= 0.6 is 0 Å². The number of hydrogen-bond donors (Lipinski definition) is 5. The molecule has 0 amide bonds. The van der Waals surface area contributed by atoms with Crippen LogP contribution in [0.4, 0.5) is 0 Å². The molecule has 4 unspecified atom stereocenters. The van der Waals surface area contributed by atoms with Gasteiger partial charge in [-0.05, 0) is 27.7 Å². The molecule has 0 aromatic rings. The molecule has 7 nitrogen and oxygen atoms in total. The predicted octanol–water partition coefficient (Wildman–Crippen LogP) is -0.724. The summed E-state index contributed by atoms with van der Waals surface area (Å²) in [5, 5.41) is 37.9. The van der Waals surface area contributed by atoms with Crippen molar-refractivity contribution in [3.05, 3.63) is 0 Å². The van der Waals surface area contributed by atoms with Gasteiger partial charge in [0.15, 0.2) is 0 Å². The number of hydrogen-bond acceptors (Lipinski definition) is 7. The van der Waals surface area contributed by atoms with Crippen LogP contribution in [0.15, 0.2) is 0 Å².